The number of nitrogens with zero attached hydrogens (tertiary/aromatic N) is 3. The Bertz CT molecular complexity index is 502. The second-order valence-electron chi connectivity index (χ2n) is 3.03. The van der Waals surface area contributed by atoms with Crippen LogP contribution in [-0.2, 0) is 4.57 Å². The van der Waals surface area contributed by atoms with Crippen LogP contribution in [0.2, 0.25) is 0 Å². The Hall–Kier alpha value is -1.93. The van der Waals surface area contributed by atoms with Crippen LogP contribution in [0.25, 0.3) is 17.2 Å². The fourth-order valence-corrected chi connectivity index (χ4v) is 1.83. The summed E-state index contributed by atoms with van der Waals surface area (Å²) >= 11 is 0. The SMILES string of the molecule is C=Cc1nnnc(P=O)c1-c1ccccc1. The Balaban J connectivity index is 2.71. The van der Waals surface area contributed by atoms with Gasteiger partial charge in [0, 0.05) is 5.56 Å². The molecular weight excluding hydrogens is 221 g/mol. The van der Waals surface area contributed by atoms with Gasteiger partial charge in [-0.1, -0.05) is 36.9 Å². The molecule has 0 radical (unpaired) electrons. The van der Waals surface area contributed by atoms with Gasteiger partial charge < -0.3 is 0 Å². The van der Waals surface area contributed by atoms with Gasteiger partial charge in [0.2, 0.25) is 8.46 Å². The van der Waals surface area contributed by atoms with E-state index in [1.807, 2.05) is 30.3 Å². The largest absolute Gasteiger partial charge is 0.267 e. The lowest BCUT2D eigenvalue weighted by atomic mass is 10.1. The summed E-state index contributed by atoms with van der Waals surface area (Å²) in [7, 11) is -0.175. The first kappa shape index (κ1) is 10.6. The topological polar surface area (TPSA) is 55.7 Å². The van der Waals surface area contributed by atoms with Crippen molar-refractivity contribution in [3.05, 3.63) is 42.6 Å². The number of aromatic nitrogens is 3. The highest BCUT2D eigenvalue weighted by Gasteiger charge is 2.12. The standard InChI is InChI=1S/C11H8N3OP/c1-2-9-10(8-6-4-3-5-7-8)11(16-15)13-14-12-9/h2-7H,1H2. The molecule has 0 aliphatic carbocycles. The molecule has 0 aliphatic rings. The summed E-state index contributed by atoms with van der Waals surface area (Å²) in [6, 6.07) is 9.51. The minimum absolute atomic E-state index is 0.175. The van der Waals surface area contributed by atoms with Gasteiger partial charge in [0.25, 0.3) is 0 Å². The molecule has 0 amide bonds. The van der Waals surface area contributed by atoms with Crippen LogP contribution in [0.5, 0.6) is 0 Å². The summed E-state index contributed by atoms with van der Waals surface area (Å²) in [5, 5.41) is 11.1. The molecule has 0 fully saturated rings. The van der Waals surface area contributed by atoms with Gasteiger partial charge in [-0.3, -0.25) is 4.57 Å². The molecule has 0 bridgehead atoms. The molecule has 16 heavy (non-hydrogen) atoms. The van der Waals surface area contributed by atoms with Crippen molar-refractivity contribution < 1.29 is 4.57 Å². The molecule has 0 spiro atoms. The molecule has 0 aliphatic heterocycles. The quantitative estimate of drug-likeness (QED) is 0.756. The van der Waals surface area contributed by atoms with Crippen molar-refractivity contribution in [1.82, 2.24) is 15.4 Å². The minimum Gasteiger partial charge on any atom is -0.267 e. The predicted molar refractivity (Wildman–Crippen MR) is 62.6 cm³/mol. The fraction of sp³-hybridized carbons (Fsp3) is 0. The van der Waals surface area contributed by atoms with Gasteiger partial charge in [0.1, 0.15) is 0 Å². The third kappa shape index (κ3) is 1.88. The van der Waals surface area contributed by atoms with E-state index in [9.17, 15) is 4.57 Å². The van der Waals surface area contributed by atoms with Gasteiger partial charge in [0.05, 0.1) is 5.69 Å². The maximum atomic E-state index is 11.0. The lowest BCUT2D eigenvalue weighted by Crippen LogP contribution is -2.10. The number of rotatable bonds is 3. The van der Waals surface area contributed by atoms with Crippen LogP contribution in [0.3, 0.4) is 0 Å². The average Bonchev–Trinajstić information content (AvgIpc) is 2.38. The summed E-state index contributed by atoms with van der Waals surface area (Å²) in [6.07, 6.45) is 1.58. The van der Waals surface area contributed by atoms with Crippen molar-refractivity contribution in [2.45, 2.75) is 0 Å². The van der Waals surface area contributed by atoms with Crippen LogP contribution in [-0.4, -0.2) is 15.4 Å². The molecule has 0 atom stereocenters. The van der Waals surface area contributed by atoms with Gasteiger partial charge in [-0.15, -0.1) is 10.2 Å². The average molecular weight is 229 g/mol. The van der Waals surface area contributed by atoms with E-state index in [0.717, 1.165) is 5.56 Å². The zero-order chi connectivity index (χ0) is 11.4. The normalized spacial score (nSPS) is 10.2. The predicted octanol–water partition coefficient (Wildman–Crippen LogP) is 2.10. The molecule has 0 saturated heterocycles. The lowest BCUT2D eigenvalue weighted by molar-refractivity contribution is 0.602. The van der Waals surface area contributed by atoms with Crippen molar-refractivity contribution in [2.75, 3.05) is 0 Å². The summed E-state index contributed by atoms with van der Waals surface area (Å²) < 4.78 is 11.0. The lowest BCUT2D eigenvalue weighted by Gasteiger charge is -2.04. The molecule has 1 aromatic heterocycles. The van der Waals surface area contributed by atoms with E-state index in [1.165, 1.54) is 0 Å². The van der Waals surface area contributed by atoms with E-state index < -0.39 is 0 Å². The Morgan fingerprint density at radius 1 is 1.19 bits per heavy atom. The van der Waals surface area contributed by atoms with Gasteiger partial charge in [-0.2, -0.15) is 0 Å². The third-order valence-corrected chi connectivity index (χ3v) is 2.60. The maximum Gasteiger partial charge on any atom is 0.215 e. The van der Waals surface area contributed by atoms with E-state index in [1.54, 1.807) is 6.08 Å². The molecule has 1 heterocycles. The molecule has 0 unspecified atom stereocenters. The summed E-state index contributed by atoms with van der Waals surface area (Å²) in [5.41, 5.74) is 2.57. The van der Waals surface area contributed by atoms with E-state index in [4.69, 9.17) is 0 Å². The molecule has 0 saturated carbocycles. The van der Waals surface area contributed by atoms with Crippen molar-refractivity contribution >= 4 is 20.0 Å². The molecule has 78 valence electrons. The highest BCUT2D eigenvalue weighted by Crippen LogP contribution is 2.21. The van der Waals surface area contributed by atoms with Gasteiger partial charge in [0.15, 0.2) is 5.44 Å². The molecule has 4 nitrogen and oxygen atoms in total. The van der Waals surface area contributed by atoms with Crippen molar-refractivity contribution in [3.8, 4) is 11.1 Å². The first-order valence-electron chi connectivity index (χ1n) is 4.61. The van der Waals surface area contributed by atoms with Gasteiger partial charge >= 0.3 is 0 Å². The van der Waals surface area contributed by atoms with E-state index in [0.29, 0.717) is 16.7 Å². The monoisotopic (exact) mass is 229 g/mol. The number of hydrogen-bond donors (Lipinski definition) is 0. The molecule has 2 rings (SSSR count). The molecule has 0 N–H and O–H groups in total. The number of benzene rings is 1. The first-order chi connectivity index (χ1) is 7.86. The summed E-state index contributed by atoms with van der Waals surface area (Å²) in [6.45, 7) is 3.66. The zero-order valence-corrected chi connectivity index (χ0v) is 9.26. The van der Waals surface area contributed by atoms with Crippen LogP contribution < -0.4 is 5.44 Å². The Kier molecular flexibility index (Phi) is 3.13. The third-order valence-electron chi connectivity index (χ3n) is 2.11. The van der Waals surface area contributed by atoms with E-state index in [2.05, 4.69) is 22.0 Å². The van der Waals surface area contributed by atoms with E-state index in [-0.39, 0.29) is 8.46 Å². The summed E-state index contributed by atoms with van der Waals surface area (Å²) in [5.74, 6) is 0. The highest BCUT2D eigenvalue weighted by atomic mass is 31.1. The second kappa shape index (κ2) is 4.73. The van der Waals surface area contributed by atoms with Gasteiger partial charge in [-0.25, -0.2) is 0 Å². The Morgan fingerprint density at radius 2 is 1.94 bits per heavy atom. The van der Waals surface area contributed by atoms with Gasteiger partial charge in [-0.05, 0) is 16.9 Å². The van der Waals surface area contributed by atoms with E-state index >= 15 is 0 Å². The molecule has 5 heteroatoms. The molecular formula is C11H8N3OP. The Labute approximate surface area is 94.2 Å². The highest BCUT2D eigenvalue weighted by molar-refractivity contribution is 7.34. The Morgan fingerprint density at radius 3 is 2.56 bits per heavy atom. The fourth-order valence-electron chi connectivity index (χ4n) is 1.42. The van der Waals surface area contributed by atoms with Crippen LogP contribution in [0.4, 0.5) is 0 Å². The first-order valence-corrected chi connectivity index (χ1v) is 5.42. The van der Waals surface area contributed by atoms with Crippen LogP contribution in [0.15, 0.2) is 36.9 Å². The van der Waals surface area contributed by atoms with Crippen molar-refractivity contribution in [1.29, 1.82) is 0 Å². The van der Waals surface area contributed by atoms with Crippen LogP contribution in [0, 0.1) is 0 Å². The van der Waals surface area contributed by atoms with Crippen LogP contribution >= 0.6 is 8.46 Å². The molecule has 1 aromatic carbocycles. The summed E-state index contributed by atoms with van der Waals surface area (Å²) in [4.78, 5) is 0. The second-order valence-corrected chi connectivity index (χ2v) is 3.64. The smallest absolute Gasteiger partial charge is 0.215 e. The minimum atomic E-state index is -0.175. The molecule has 2 aromatic rings. The maximum absolute atomic E-state index is 11.0. The van der Waals surface area contributed by atoms with Crippen LogP contribution in [0.1, 0.15) is 5.69 Å². The van der Waals surface area contributed by atoms with Crippen molar-refractivity contribution in [2.24, 2.45) is 0 Å². The number of hydrogen-bond acceptors (Lipinski definition) is 4. The zero-order valence-electron chi connectivity index (χ0n) is 8.37. The van der Waals surface area contributed by atoms with Crippen molar-refractivity contribution in [3.63, 3.8) is 0 Å².